The summed E-state index contributed by atoms with van der Waals surface area (Å²) >= 11 is 0. The van der Waals surface area contributed by atoms with Crippen LogP contribution in [0.2, 0.25) is 0 Å². The van der Waals surface area contributed by atoms with Crippen LogP contribution in [-0.4, -0.2) is 33.4 Å². The summed E-state index contributed by atoms with van der Waals surface area (Å²) in [5.41, 5.74) is -2.86. The SMILES string of the molecule is COc1ccc(CNC(=O)C(OC)(c2ccc(OC)cc2)C(F)(F)F)cc1. The lowest BCUT2D eigenvalue weighted by molar-refractivity contribution is -0.265. The Morgan fingerprint density at radius 2 is 1.37 bits per heavy atom. The maximum Gasteiger partial charge on any atom is 0.430 e. The summed E-state index contributed by atoms with van der Waals surface area (Å²) in [4.78, 5) is 12.6. The molecule has 0 aliphatic rings. The molecule has 0 aromatic heterocycles. The number of ether oxygens (including phenoxy) is 3. The Morgan fingerprint density at radius 1 is 0.889 bits per heavy atom. The number of halogens is 3. The molecule has 0 aliphatic heterocycles. The van der Waals surface area contributed by atoms with Crippen molar-refractivity contribution in [2.24, 2.45) is 0 Å². The van der Waals surface area contributed by atoms with Crippen LogP contribution in [0.15, 0.2) is 48.5 Å². The minimum atomic E-state index is -4.97. The summed E-state index contributed by atoms with van der Waals surface area (Å²) in [6.07, 6.45) is -4.97. The van der Waals surface area contributed by atoms with E-state index in [0.717, 1.165) is 19.2 Å². The number of carbonyl (C=O) groups is 1. The van der Waals surface area contributed by atoms with Crippen molar-refractivity contribution in [3.8, 4) is 11.5 Å². The standard InChI is InChI=1S/C19H20F3NO4/c1-25-15-8-4-13(5-9-15)12-23-17(24)18(27-3,19(20,21)22)14-6-10-16(26-2)11-7-14/h4-11H,12H2,1-3H3,(H,23,24). The van der Waals surface area contributed by atoms with Crippen LogP contribution in [0.3, 0.4) is 0 Å². The second-order valence-corrected chi connectivity index (χ2v) is 5.64. The molecule has 5 nitrogen and oxygen atoms in total. The molecule has 8 heteroatoms. The summed E-state index contributed by atoms with van der Waals surface area (Å²) in [6.45, 7) is -0.0971. The van der Waals surface area contributed by atoms with E-state index in [1.165, 1.54) is 26.4 Å². The minimum absolute atomic E-state index is 0.0971. The van der Waals surface area contributed by atoms with Gasteiger partial charge in [-0.15, -0.1) is 0 Å². The molecule has 0 radical (unpaired) electrons. The Morgan fingerprint density at radius 3 is 1.78 bits per heavy atom. The summed E-state index contributed by atoms with van der Waals surface area (Å²) in [7, 11) is 3.75. The summed E-state index contributed by atoms with van der Waals surface area (Å²) in [5.74, 6) is -0.340. The molecule has 0 saturated carbocycles. The number of amides is 1. The lowest BCUT2D eigenvalue weighted by atomic mass is 9.91. The van der Waals surface area contributed by atoms with Crippen LogP contribution < -0.4 is 14.8 Å². The zero-order chi connectivity index (χ0) is 20.1. The lowest BCUT2D eigenvalue weighted by Gasteiger charge is -2.33. The molecule has 2 aromatic rings. The Bertz CT molecular complexity index is 760. The number of rotatable bonds is 7. The van der Waals surface area contributed by atoms with Crippen LogP contribution >= 0.6 is 0 Å². The largest absolute Gasteiger partial charge is 0.497 e. The first-order valence-electron chi connectivity index (χ1n) is 7.96. The van der Waals surface area contributed by atoms with E-state index in [0.29, 0.717) is 17.1 Å². The van der Waals surface area contributed by atoms with Gasteiger partial charge in [0.05, 0.1) is 14.2 Å². The van der Waals surface area contributed by atoms with Gasteiger partial charge in [-0.25, -0.2) is 0 Å². The third kappa shape index (κ3) is 4.16. The second kappa shape index (κ2) is 8.30. The first-order chi connectivity index (χ1) is 12.8. The van der Waals surface area contributed by atoms with Gasteiger partial charge in [-0.3, -0.25) is 4.79 Å². The van der Waals surface area contributed by atoms with Crippen LogP contribution in [0, 0.1) is 0 Å². The topological polar surface area (TPSA) is 56.8 Å². The molecule has 2 rings (SSSR count). The van der Waals surface area contributed by atoms with Crippen LogP contribution in [0.4, 0.5) is 13.2 Å². The Kier molecular flexibility index (Phi) is 6.32. The van der Waals surface area contributed by atoms with Gasteiger partial charge in [0.1, 0.15) is 11.5 Å². The quantitative estimate of drug-likeness (QED) is 0.796. The molecule has 146 valence electrons. The smallest absolute Gasteiger partial charge is 0.430 e. The van der Waals surface area contributed by atoms with E-state index >= 15 is 0 Å². The molecule has 1 unspecified atom stereocenters. The predicted octanol–water partition coefficient (Wildman–Crippen LogP) is 3.42. The number of carbonyl (C=O) groups excluding carboxylic acids is 1. The average molecular weight is 383 g/mol. The number of hydrogen-bond donors (Lipinski definition) is 1. The molecule has 27 heavy (non-hydrogen) atoms. The van der Waals surface area contributed by atoms with Gasteiger partial charge in [0.25, 0.3) is 11.5 Å². The molecule has 0 aliphatic carbocycles. The molecule has 1 atom stereocenters. The minimum Gasteiger partial charge on any atom is -0.497 e. The molecule has 1 amide bonds. The third-order valence-corrected chi connectivity index (χ3v) is 4.13. The van der Waals surface area contributed by atoms with Crippen molar-refractivity contribution in [2.75, 3.05) is 21.3 Å². The van der Waals surface area contributed by atoms with Crippen molar-refractivity contribution in [3.05, 3.63) is 59.7 Å². The highest BCUT2D eigenvalue weighted by atomic mass is 19.4. The molecule has 1 N–H and O–H groups in total. The Labute approximate surface area is 155 Å². The lowest BCUT2D eigenvalue weighted by Crippen LogP contribution is -2.55. The Balaban J connectivity index is 2.30. The third-order valence-electron chi connectivity index (χ3n) is 4.13. The predicted molar refractivity (Wildman–Crippen MR) is 92.6 cm³/mol. The maximum absolute atomic E-state index is 13.9. The van der Waals surface area contributed by atoms with E-state index < -0.39 is 17.7 Å². The number of alkyl halides is 3. The first-order valence-corrected chi connectivity index (χ1v) is 7.96. The molecule has 0 bridgehead atoms. The van der Waals surface area contributed by atoms with E-state index in [2.05, 4.69) is 5.32 Å². The first kappa shape index (κ1) is 20.6. The fraction of sp³-hybridized carbons (Fsp3) is 0.316. The highest BCUT2D eigenvalue weighted by Crippen LogP contribution is 2.42. The highest BCUT2D eigenvalue weighted by Gasteiger charge is 2.62. The van der Waals surface area contributed by atoms with Crippen molar-refractivity contribution in [2.45, 2.75) is 18.3 Å². The van der Waals surface area contributed by atoms with Gasteiger partial charge in [0, 0.05) is 19.2 Å². The molecule has 0 fully saturated rings. The van der Waals surface area contributed by atoms with Crippen LogP contribution in [-0.2, 0) is 21.7 Å². The highest BCUT2D eigenvalue weighted by molar-refractivity contribution is 5.87. The van der Waals surface area contributed by atoms with E-state index in [1.807, 2.05) is 0 Å². The van der Waals surface area contributed by atoms with Gasteiger partial charge in [0.2, 0.25) is 0 Å². The number of benzene rings is 2. The van der Waals surface area contributed by atoms with Crippen molar-refractivity contribution in [3.63, 3.8) is 0 Å². The molecule has 0 saturated heterocycles. The van der Waals surface area contributed by atoms with Gasteiger partial charge in [-0.2, -0.15) is 13.2 Å². The summed E-state index contributed by atoms with van der Waals surface area (Å²) in [5, 5.41) is 2.31. The molecule has 0 heterocycles. The normalized spacial score (nSPS) is 13.6. The maximum atomic E-state index is 13.9. The van der Waals surface area contributed by atoms with E-state index in [-0.39, 0.29) is 12.1 Å². The van der Waals surface area contributed by atoms with Gasteiger partial charge < -0.3 is 19.5 Å². The fourth-order valence-corrected chi connectivity index (χ4v) is 2.63. The zero-order valence-electron chi connectivity index (χ0n) is 15.1. The zero-order valence-corrected chi connectivity index (χ0v) is 15.1. The van der Waals surface area contributed by atoms with E-state index in [4.69, 9.17) is 14.2 Å². The molecule has 0 spiro atoms. The second-order valence-electron chi connectivity index (χ2n) is 5.64. The Hall–Kier alpha value is -2.74. The van der Waals surface area contributed by atoms with E-state index in [1.54, 1.807) is 24.3 Å². The fourth-order valence-electron chi connectivity index (χ4n) is 2.63. The number of hydrogen-bond acceptors (Lipinski definition) is 4. The van der Waals surface area contributed by atoms with Crippen LogP contribution in [0.25, 0.3) is 0 Å². The molecular formula is C19H20F3NO4. The van der Waals surface area contributed by atoms with Crippen LogP contribution in [0.1, 0.15) is 11.1 Å². The monoisotopic (exact) mass is 383 g/mol. The van der Waals surface area contributed by atoms with Gasteiger partial charge in [-0.05, 0) is 29.8 Å². The summed E-state index contributed by atoms with van der Waals surface area (Å²) < 4.78 is 56.4. The van der Waals surface area contributed by atoms with Crippen molar-refractivity contribution < 1.29 is 32.2 Å². The van der Waals surface area contributed by atoms with Gasteiger partial charge in [-0.1, -0.05) is 24.3 Å². The molecule has 2 aromatic carbocycles. The van der Waals surface area contributed by atoms with E-state index in [9.17, 15) is 18.0 Å². The number of nitrogens with one attached hydrogen (secondary N) is 1. The van der Waals surface area contributed by atoms with Crippen molar-refractivity contribution in [1.29, 1.82) is 0 Å². The van der Waals surface area contributed by atoms with Crippen molar-refractivity contribution in [1.82, 2.24) is 5.32 Å². The van der Waals surface area contributed by atoms with Crippen LogP contribution in [0.5, 0.6) is 11.5 Å². The van der Waals surface area contributed by atoms with Gasteiger partial charge in [0.15, 0.2) is 0 Å². The average Bonchev–Trinajstić information content (AvgIpc) is 2.67. The summed E-state index contributed by atoms with van der Waals surface area (Å²) in [6, 6.07) is 11.6. The van der Waals surface area contributed by atoms with Crippen molar-refractivity contribution >= 4 is 5.91 Å². The molecular weight excluding hydrogens is 363 g/mol. The van der Waals surface area contributed by atoms with Gasteiger partial charge >= 0.3 is 6.18 Å². The number of methoxy groups -OCH3 is 3.